The molecule has 2 unspecified atom stereocenters. The fourth-order valence-electron chi connectivity index (χ4n) is 2.74. The van der Waals surface area contributed by atoms with Gasteiger partial charge in [-0.15, -0.1) is 0 Å². The van der Waals surface area contributed by atoms with E-state index in [-0.39, 0.29) is 11.8 Å². The minimum atomic E-state index is -0.177. The number of primary amides is 1. The van der Waals surface area contributed by atoms with Crippen LogP contribution in [0.2, 0.25) is 0 Å². The number of rotatable bonds is 6. The van der Waals surface area contributed by atoms with Gasteiger partial charge in [0, 0.05) is 31.9 Å². The summed E-state index contributed by atoms with van der Waals surface area (Å²) in [5.41, 5.74) is 6.62. The first-order valence-electron chi connectivity index (χ1n) is 7.82. The van der Waals surface area contributed by atoms with Crippen molar-refractivity contribution in [3.05, 3.63) is 23.9 Å². The number of pyridine rings is 1. The molecule has 1 aliphatic heterocycles. The molecule has 1 fully saturated rings. The van der Waals surface area contributed by atoms with Gasteiger partial charge in [0.1, 0.15) is 5.82 Å². The van der Waals surface area contributed by atoms with E-state index in [1.165, 1.54) is 5.56 Å². The number of aromatic nitrogens is 1. The SMILES string of the molecule is CCCNc1ccc(CN2CC(C(N)=O)CCC2C)cn1. The Hall–Kier alpha value is -1.62. The maximum absolute atomic E-state index is 11.4. The van der Waals surface area contributed by atoms with Gasteiger partial charge in [0.25, 0.3) is 0 Å². The van der Waals surface area contributed by atoms with Crippen molar-refractivity contribution < 1.29 is 4.79 Å². The largest absolute Gasteiger partial charge is 0.370 e. The average Bonchev–Trinajstić information content (AvgIpc) is 2.48. The van der Waals surface area contributed by atoms with Gasteiger partial charge >= 0.3 is 0 Å². The number of hydrogen-bond donors (Lipinski definition) is 2. The number of carbonyl (C=O) groups is 1. The minimum Gasteiger partial charge on any atom is -0.370 e. The van der Waals surface area contributed by atoms with Gasteiger partial charge in [0.2, 0.25) is 5.91 Å². The molecule has 1 saturated heterocycles. The topological polar surface area (TPSA) is 71.2 Å². The summed E-state index contributed by atoms with van der Waals surface area (Å²) in [6.45, 7) is 6.87. The summed E-state index contributed by atoms with van der Waals surface area (Å²) in [7, 11) is 0. The quantitative estimate of drug-likeness (QED) is 0.840. The molecule has 1 aromatic rings. The first kappa shape index (κ1) is 15.8. The van der Waals surface area contributed by atoms with Crippen molar-refractivity contribution in [2.24, 2.45) is 11.7 Å². The van der Waals surface area contributed by atoms with E-state index in [4.69, 9.17) is 5.73 Å². The van der Waals surface area contributed by atoms with Gasteiger partial charge in [-0.2, -0.15) is 0 Å². The number of piperidine rings is 1. The molecular formula is C16H26N4O. The zero-order valence-electron chi connectivity index (χ0n) is 13.0. The number of amides is 1. The molecule has 0 aliphatic carbocycles. The molecule has 2 heterocycles. The van der Waals surface area contributed by atoms with E-state index in [2.05, 4.69) is 35.1 Å². The van der Waals surface area contributed by atoms with Crippen molar-refractivity contribution in [3.8, 4) is 0 Å². The standard InChI is InChI=1S/C16H26N4O/c1-3-8-18-15-7-5-13(9-19-15)10-20-11-14(16(17)21)6-4-12(20)2/h5,7,9,12,14H,3-4,6,8,10-11H2,1-2H3,(H2,17,21)(H,18,19). The first-order valence-corrected chi connectivity index (χ1v) is 7.82. The van der Waals surface area contributed by atoms with Crippen LogP contribution in [0, 0.1) is 5.92 Å². The summed E-state index contributed by atoms with van der Waals surface area (Å²) < 4.78 is 0. The lowest BCUT2D eigenvalue weighted by molar-refractivity contribution is -0.124. The highest BCUT2D eigenvalue weighted by Crippen LogP contribution is 2.23. The molecule has 1 aromatic heterocycles. The van der Waals surface area contributed by atoms with E-state index >= 15 is 0 Å². The zero-order valence-corrected chi connectivity index (χ0v) is 13.0. The van der Waals surface area contributed by atoms with Crippen molar-refractivity contribution in [1.82, 2.24) is 9.88 Å². The Kier molecular flexibility index (Phi) is 5.56. The zero-order chi connectivity index (χ0) is 15.2. The Morgan fingerprint density at radius 3 is 2.90 bits per heavy atom. The molecule has 0 saturated carbocycles. The number of hydrogen-bond acceptors (Lipinski definition) is 4. The molecule has 2 atom stereocenters. The molecule has 21 heavy (non-hydrogen) atoms. The molecule has 1 amide bonds. The van der Waals surface area contributed by atoms with Crippen LogP contribution in [0.25, 0.3) is 0 Å². The number of nitrogens with zero attached hydrogens (tertiary/aromatic N) is 2. The fourth-order valence-corrected chi connectivity index (χ4v) is 2.74. The van der Waals surface area contributed by atoms with E-state index < -0.39 is 0 Å². The van der Waals surface area contributed by atoms with Gasteiger partial charge in [-0.1, -0.05) is 13.0 Å². The maximum Gasteiger partial charge on any atom is 0.221 e. The Balaban J connectivity index is 1.94. The lowest BCUT2D eigenvalue weighted by Crippen LogP contribution is -2.45. The van der Waals surface area contributed by atoms with Crippen molar-refractivity contribution >= 4 is 11.7 Å². The van der Waals surface area contributed by atoms with Crippen LogP contribution >= 0.6 is 0 Å². The Morgan fingerprint density at radius 2 is 2.29 bits per heavy atom. The third kappa shape index (κ3) is 4.43. The van der Waals surface area contributed by atoms with Gasteiger partial charge < -0.3 is 11.1 Å². The lowest BCUT2D eigenvalue weighted by atomic mass is 9.92. The molecule has 116 valence electrons. The van der Waals surface area contributed by atoms with Gasteiger partial charge in [-0.25, -0.2) is 4.98 Å². The van der Waals surface area contributed by atoms with Gasteiger partial charge in [-0.3, -0.25) is 9.69 Å². The number of carbonyl (C=O) groups excluding carboxylic acids is 1. The molecule has 0 spiro atoms. The van der Waals surface area contributed by atoms with E-state index in [0.717, 1.165) is 44.7 Å². The van der Waals surface area contributed by atoms with Crippen molar-refractivity contribution in [1.29, 1.82) is 0 Å². The van der Waals surface area contributed by atoms with Crippen LogP contribution in [0.4, 0.5) is 5.82 Å². The number of nitrogens with two attached hydrogens (primary N) is 1. The number of nitrogens with one attached hydrogen (secondary N) is 1. The maximum atomic E-state index is 11.4. The van der Waals surface area contributed by atoms with Crippen LogP contribution in [0.1, 0.15) is 38.7 Å². The van der Waals surface area contributed by atoms with E-state index in [9.17, 15) is 4.79 Å². The summed E-state index contributed by atoms with van der Waals surface area (Å²) in [4.78, 5) is 18.1. The van der Waals surface area contributed by atoms with Crippen molar-refractivity contribution in [2.75, 3.05) is 18.4 Å². The number of anilines is 1. The molecule has 3 N–H and O–H groups in total. The van der Waals surface area contributed by atoms with Crippen LogP contribution < -0.4 is 11.1 Å². The van der Waals surface area contributed by atoms with Crippen molar-refractivity contribution in [3.63, 3.8) is 0 Å². The van der Waals surface area contributed by atoms with Crippen LogP contribution in [0.5, 0.6) is 0 Å². The van der Waals surface area contributed by atoms with Crippen LogP contribution in [-0.2, 0) is 11.3 Å². The molecule has 0 bridgehead atoms. The lowest BCUT2D eigenvalue weighted by Gasteiger charge is -2.36. The second-order valence-corrected chi connectivity index (χ2v) is 5.93. The minimum absolute atomic E-state index is 0.0142. The molecule has 0 radical (unpaired) electrons. The highest BCUT2D eigenvalue weighted by molar-refractivity contribution is 5.76. The Labute approximate surface area is 126 Å². The normalized spacial score (nSPS) is 23.0. The molecule has 1 aliphatic rings. The third-order valence-electron chi connectivity index (χ3n) is 4.18. The summed E-state index contributed by atoms with van der Waals surface area (Å²) in [5.74, 6) is 0.728. The second-order valence-electron chi connectivity index (χ2n) is 5.93. The van der Waals surface area contributed by atoms with E-state index in [1.54, 1.807) is 0 Å². The smallest absolute Gasteiger partial charge is 0.221 e. The van der Waals surface area contributed by atoms with E-state index in [1.807, 2.05) is 12.3 Å². The van der Waals surface area contributed by atoms with Crippen LogP contribution in [0.15, 0.2) is 18.3 Å². The Morgan fingerprint density at radius 1 is 1.48 bits per heavy atom. The average molecular weight is 290 g/mol. The molecule has 2 rings (SSSR count). The summed E-state index contributed by atoms with van der Waals surface area (Å²) >= 11 is 0. The molecule has 5 nitrogen and oxygen atoms in total. The van der Waals surface area contributed by atoms with Gasteiger partial charge in [0.05, 0.1) is 5.92 Å². The Bertz CT molecular complexity index is 460. The summed E-state index contributed by atoms with van der Waals surface area (Å²) in [6, 6.07) is 4.61. The van der Waals surface area contributed by atoms with Gasteiger partial charge in [-0.05, 0) is 37.8 Å². The molecule has 5 heteroatoms. The fraction of sp³-hybridized carbons (Fsp3) is 0.625. The summed E-state index contributed by atoms with van der Waals surface area (Å²) in [6.07, 6.45) is 4.93. The highest BCUT2D eigenvalue weighted by Gasteiger charge is 2.28. The predicted octanol–water partition coefficient (Wildman–Crippen LogP) is 1.99. The second kappa shape index (κ2) is 7.41. The van der Waals surface area contributed by atoms with Crippen LogP contribution in [-0.4, -0.2) is 34.9 Å². The van der Waals surface area contributed by atoms with E-state index in [0.29, 0.717) is 6.04 Å². The predicted molar refractivity (Wildman–Crippen MR) is 84.8 cm³/mol. The third-order valence-corrected chi connectivity index (χ3v) is 4.18. The van der Waals surface area contributed by atoms with Gasteiger partial charge in [0.15, 0.2) is 0 Å². The molecular weight excluding hydrogens is 264 g/mol. The highest BCUT2D eigenvalue weighted by atomic mass is 16.1. The molecule has 0 aromatic carbocycles. The summed E-state index contributed by atoms with van der Waals surface area (Å²) in [5, 5.41) is 3.27. The van der Waals surface area contributed by atoms with Crippen LogP contribution in [0.3, 0.4) is 0 Å². The first-order chi connectivity index (χ1) is 10.1. The monoisotopic (exact) mass is 290 g/mol. The van der Waals surface area contributed by atoms with Crippen molar-refractivity contribution in [2.45, 2.75) is 45.7 Å². The number of likely N-dealkylation sites (tertiary alicyclic amines) is 1.